The van der Waals surface area contributed by atoms with Gasteiger partial charge < -0.3 is 5.32 Å². The Morgan fingerprint density at radius 3 is 2.56 bits per heavy atom. The molecule has 0 saturated carbocycles. The second-order valence-electron chi connectivity index (χ2n) is 6.59. The summed E-state index contributed by atoms with van der Waals surface area (Å²) in [4.78, 5) is 12.5. The summed E-state index contributed by atoms with van der Waals surface area (Å²) >= 11 is 1.41. The minimum atomic E-state index is -0.264. The van der Waals surface area contributed by atoms with Gasteiger partial charge >= 0.3 is 0 Å². The first kappa shape index (κ1) is 19.2. The number of nitrogens with one attached hydrogen (secondary N) is 1. The predicted molar refractivity (Wildman–Crippen MR) is 109 cm³/mol. The van der Waals surface area contributed by atoms with Gasteiger partial charge in [-0.1, -0.05) is 67.2 Å². The van der Waals surface area contributed by atoms with Crippen molar-refractivity contribution in [1.82, 2.24) is 20.1 Å². The second-order valence-corrected chi connectivity index (χ2v) is 7.89. The largest absolute Gasteiger partial charge is 0.355 e. The van der Waals surface area contributed by atoms with Gasteiger partial charge in [0.25, 0.3) is 0 Å². The van der Waals surface area contributed by atoms with Crippen LogP contribution in [0.3, 0.4) is 0 Å². The number of aryl methyl sites for hydroxylation is 1. The van der Waals surface area contributed by atoms with Crippen molar-refractivity contribution in [2.75, 3.05) is 6.54 Å². The average molecular weight is 381 g/mol. The lowest BCUT2D eigenvalue weighted by molar-refractivity contribution is -0.120. The number of nitrogens with zero attached hydrogens (tertiary/aromatic N) is 3. The number of carbonyl (C=O) groups excluding carboxylic acids is 1. The predicted octanol–water partition coefficient (Wildman–Crippen LogP) is 3.98. The maximum absolute atomic E-state index is 12.5. The molecule has 2 aromatic carbocycles. The summed E-state index contributed by atoms with van der Waals surface area (Å²) in [5, 5.41) is 11.7. The highest BCUT2D eigenvalue weighted by Gasteiger charge is 2.19. The van der Waals surface area contributed by atoms with Gasteiger partial charge in [-0.2, -0.15) is 0 Å². The summed E-state index contributed by atoms with van der Waals surface area (Å²) in [7, 11) is 0. The van der Waals surface area contributed by atoms with Gasteiger partial charge in [0.1, 0.15) is 6.33 Å². The van der Waals surface area contributed by atoms with E-state index in [4.69, 9.17) is 0 Å². The summed E-state index contributed by atoms with van der Waals surface area (Å²) < 4.78 is 1.93. The number of rotatable bonds is 7. The highest BCUT2D eigenvalue weighted by molar-refractivity contribution is 8.00. The second kappa shape index (κ2) is 8.86. The number of hydrogen-bond donors (Lipinski definition) is 1. The van der Waals surface area contributed by atoms with E-state index in [1.165, 1.54) is 17.3 Å². The lowest BCUT2D eigenvalue weighted by Crippen LogP contribution is -2.33. The van der Waals surface area contributed by atoms with E-state index in [0.717, 1.165) is 11.3 Å². The molecule has 2 atom stereocenters. The SMILES string of the molecule is Cc1ccccc1-n1cnnc1SC(C)C(=O)NCC(C)c1ccccc1. The van der Waals surface area contributed by atoms with Crippen LogP contribution in [0.1, 0.15) is 30.9 Å². The van der Waals surface area contributed by atoms with E-state index in [0.29, 0.717) is 11.7 Å². The number of para-hydroxylation sites is 1. The molecule has 0 aliphatic heterocycles. The van der Waals surface area contributed by atoms with Crippen LogP contribution in [-0.4, -0.2) is 32.5 Å². The van der Waals surface area contributed by atoms with Gasteiger partial charge in [0.2, 0.25) is 5.91 Å². The normalized spacial score (nSPS) is 13.1. The molecule has 1 heterocycles. The molecule has 5 nitrogen and oxygen atoms in total. The number of aromatic nitrogens is 3. The Hall–Kier alpha value is -2.60. The molecule has 27 heavy (non-hydrogen) atoms. The highest BCUT2D eigenvalue weighted by Crippen LogP contribution is 2.25. The monoisotopic (exact) mass is 380 g/mol. The van der Waals surface area contributed by atoms with Crippen LogP contribution in [0.5, 0.6) is 0 Å². The first-order valence-corrected chi connectivity index (χ1v) is 9.89. The molecule has 0 aliphatic rings. The van der Waals surface area contributed by atoms with Crippen molar-refractivity contribution in [2.45, 2.75) is 37.1 Å². The Kier molecular flexibility index (Phi) is 6.29. The minimum absolute atomic E-state index is 0.00196. The van der Waals surface area contributed by atoms with Crippen LogP contribution in [0.2, 0.25) is 0 Å². The molecular formula is C21H24N4OS. The third kappa shape index (κ3) is 4.77. The van der Waals surface area contributed by atoms with Crippen LogP contribution < -0.4 is 5.32 Å². The molecule has 0 spiro atoms. The van der Waals surface area contributed by atoms with E-state index in [2.05, 4.69) is 34.6 Å². The Balaban J connectivity index is 1.61. The van der Waals surface area contributed by atoms with Crippen LogP contribution in [-0.2, 0) is 4.79 Å². The third-order valence-electron chi connectivity index (χ3n) is 4.49. The molecule has 3 rings (SSSR count). The van der Waals surface area contributed by atoms with Crippen molar-refractivity contribution in [1.29, 1.82) is 0 Å². The van der Waals surface area contributed by atoms with Gasteiger partial charge in [-0.3, -0.25) is 9.36 Å². The zero-order valence-electron chi connectivity index (χ0n) is 15.8. The zero-order valence-corrected chi connectivity index (χ0v) is 16.6. The molecule has 0 saturated heterocycles. The van der Waals surface area contributed by atoms with Gasteiger partial charge in [-0.15, -0.1) is 10.2 Å². The van der Waals surface area contributed by atoms with Gasteiger partial charge in [0.15, 0.2) is 5.16 Å². The summed E-state index contributed by atoms with van der Waals surface area (Å²) in [5.41, 5.74) is 3.38. The molecule has 1 amide bonds. The Bertz CT molecular complexity index is 894. The fourth-order valence-electron chi connectivity index (χ4n) is 2.81. The maximum Gasteiger partial charge on any atom is 0.233 e. The average Bonchev–Trinajstić information content (AvgIpc) is 3.14. The van der Waals surface area contributed by atoms with Crippen LogP contribution in [0.15, 0.2) is 66.1 Å². The molecule has 6 heteroatoms. The maximum atomic E-state index is 12.5. The van der Waals surface area contributed by atoms with Gasteiger partial charge in [0, 0.05) is 6.54 Å². The van der Waals surface area contributed by atoms with Crippen molar-refractivity contribution in [3.63, 3.8) is 0 Å². The van der Waals surface area contributed by atoms with Crippen molar-refractivity contribution >= 4 is 17.7 Å². The van der Waals surface area contributed by atoms with Crippen LogP contribution >= 0.6 is 11.8 Å². The summed E-state index contributed by atoms with van der Waals surface area (Å²) in [5.74, 6) is 0.269. The van der Waals surface area contributed by atoms with Crippen LogP contribution in [0, 0.1) is 6.92 Å². The van der Waals surface area contributed by atoms with Gasteiger partial charge in [-0.05, 0) is 37.0 Å². The van der Waals surface area contributed by atoms with E-state index >= 15 is 0 Å². The Morgan fingerprint density at radius 1 is 1.11 bits per heavy atom. The van der Waals surface area contributed by atoms with E-state index in [-0.39, 0.29) is 17.1 Å². The fraction of sp³-hybridized carbons (Fsp3) is 0.286. The topological polar surface area (TPSA) is 59.8 Å². The summed E-state index contributed by atoms with van der Waals surface area (Å²) in [6.07, 6.45) is 1.69. The molecule has 3 aromatic rings. The molecular weight excluding hydrogens is 356 g/mol. The van der Waals surface area contributed by atoms with Gasteiger partial charge in [0.05, 0.1) is 10.9 Å². The van der Waals surface area contributed by atoms with E-state index in [1.54, 1.807) is 6.33 Å². The first-order valence-electron chi connectivity index (χ1n) is 9.01. The molecule has 1 N–H and O–H groups in total. The van der Waals surface area contributed by atoms with Crippen molar-refractivity contribution in [3.8, 4) is 5.69 Å². The Morgan fingerprint density at radius 2 is 1.81 bits per heavy atom. The molecule has 0 aliphatic carbocycles. The third-order valence-corrected chi connectivity index (χ3v) is 5.55. The Labute approximate surface area is 164 Å². The number of benzene rings is 2. The van der Waals surface area contributed by atoms with Crippen molar-refractivity contribution in [3.05, 3.63) is 72.1 Å². The van der Waals surface area contributed by atoms with Crippen molar-refractivity contribution in [2.24, 2.45) is 0 Å². The standard InChI is InChI=1S/C21H24N4OS/c1-15-9-7-8-12-19(15)25-14-23-24-21(25)27-17(3)20(26)22-13-16(2)18-10-5-4-6-11-18/h4-12,14,16-17H,13H2,1-3H3,(H,22,26). The molecule has 2 unspecified atom stereocenters. The minimum Gasteiger partial charge on any atom is -0.355 e. The van der Waals surface area contributed by atoms with E-state index in [9.17, 15) is 4.79 Å². The first-order chi connectivity index (χ1) is 13.1. The molecule has 0 fully saturated rings. The summed E-state index contributed by atoms with van der Waals surface area (Å²) in [6.45, 7) is 6.66. The zero-order chi connectivity index (χ0) is 19.2. The van der Waals surface area contributed by atoms with E-state index < -0.39 is 0 Å². The lowest BCUT2D eigenvalue weighted by atomic mass is 10.0. The van der Waals surface area contributed by atoms with Crippen molar-refractivity contribution < 1.29 is 4.79 Å². The molecule has 140 valence electrons. The quantitative estimate of drug-likeness (QED) is 0.630. The van der Waals surface area contributed by atoms with Gasteiger partial charge in [-0.25, -0.2) is 0 Å². The highest BCUT2D eigenvalue weighted by atomic mass is 32.2. The fourth-order valence-corrected chi connectivity index (χ4v) is 3.67. The van der Waals surface area contributed by atoms with Crippen LogP contribution in [0.4, 0.5) is 0 Å². The number of carbonyl (C=O) groups is 1. The number of thioether (sulfide) groups is 1. The number of amides is 1. The lowest BCUT2D eigenvalue weighted by Gasteiger charge is -2.16. The number of hydrogen-bond acceptors (Lipinski definition) is 4. The molecule has 0 bridgehead atoms. The van der Waals surface area contributed by atoms with Crippen LogP contribution in [0.25, 0.3) is 5.69 Å². The smallest absolute Gasteiger partial charge is 0.233 e. The summed E-state index contributed by atoms with van der Waals surface area (Å²) in [6, 6.07) is 18.3. The van der Waals surface area contributed by atoms with E-state index in [1.807, 2.05) is 60.9 Å². The molecule has 0 radical (unpaired) electrons. The molecule has 1 aromatic heterocycles.